The van der Waals surface area contributed by atoms with Gasteiger partial charge in [0.25, 0.3) is 0 Å². The SMILES string of the molecule is CC[C@@H]1c2c(C#N)ncn2-c2cnc(Cc3ccc(C(=O)CC4CCN(CCCCCOCC(=O)N[C@H](C(=O)N5C[C@H](O)C[C@H]5C(=O)NCc5ccc(-c6scnc6C)cc5)C(C)(C)C)CC4)cc3OC)nc2N1C1CCCC1. The maximum Gasteiger partial charge on any atom is 0.246 e. The van der Waals surface area contributed by atoms with E-state index >= 15 is 0 Å². The van der Waals surface area contributed by atoms with Crippen molar-refractivity contribution in [3.05, 3.63) is 100 Å². The number of likely N-dealkylation sites (tertiary alicyclic amines) is 2. The minimum absolute atomic E-state index is 0.000461. The van der Waals surface area contributed by atoms with Gasteiger partial charge in [-0.3, -0.25) is 23.7 Å². The molecule has 3 N–H and O–H groups in total. The number of aromatic nitrogens is 5. The summed E-state index contributed by atoms with van der Waals surface area (Å²) in [6, 6.07) is 14.5. The number of piperidine rings is 1. The number of carbonyl (C=O) groups is 4. The number of hydrogen-bond acceptors (Lipinski definition) is 15. The average Bonchev–Trinajstić information content (AvgIpc) is 4.49. The first-order valence-electron chi connectivity index (χ1n) is 28.3. The number of aryl methyl sites for hydroxylation is 1. The number of Topliss-reactive ketones (excluding diaryl/α,β-unsaturated/α-hetero) is 1. The summed E-state index contributed by atoms with van der Waals surface area (Å²) < 4.78 is 13.6. The summed E-state index contributed by atoms with van der Waals surface area (Å²) in [4.78, 5) is 80.6. The molecule has 3 aliphatic heterocycles. The fourth-order valence-electron chi connectivity index (χ4n) is 12.0. The summed E-state index contributed by atoms with van der Waals surface area (Å²) in [5, 5.41) is 26.4. The number of β-amino-alcohol motifs (C(OH)–C–C–N with tert-alkyl or cyclic N) is 1. The number of nitrogens with zero attached hydrogens (tertiary/aromatic N) is 9. The monoisotopic (exact) mass is 1100 g/mol. The summed E-state index contributed by atoms with van der Waals surface area (Å²) in [5.41, 5.74) is 7.82. The average molecular weight is 1100 g/mol. The highest BCUT2D eigenvalue weighted by atomic mass is 32.1. The number of aliphatic hydroxyl groups excluding tert-OH is 1. The normalized spacial score (nSPS) is 19.2. The van der Waals surface area contributed by atoms with E-state index < -0.39 is 35.4 Å². The molecule has 4 aliphatic rings. The quantitative estimate of drug-likeness (QED) is 0.0441. The standard InChI is InChI=1S/C60H77N11O7S/c1-7-47-54-46(31-61)64-36-70(54)49-33-62-52(66-57(49)71(47)44-13-9-10-14-44)29-43-20-19-42(28-51(43)77-6)50(73)27-39-21-24-68(25-22-39)23-11-8-12-26-78-35-53(74)67-56(60(3,4)5)59(76)69-34-45(72)30-48(69)58(75)63-32-40-15-17-41(18-16-40)55-38(2)65-37-79-55/h15-20,28,33,36-37,39,44-45,47-48,56,72H,7-14,21-27,29-30,32,34-35H2,1-6H3,(H,63,75)(H,67,74)/t45-,47-,48+,56-/m1/s1. The zero-order valence-corrected chi connectivity index (χ0v) is 47.5. The molecule has 79 heavy (non-hydrogen) atoms. The number of nitriles is 1. The third-order valence-electron chi connectivity index (χ3n) is 16.3. The number of thiazole rings is 1. The topological polar surface area (TPSA) is 221 Å². The molecule has 0 bridgehead atoms. The molecule has 1 aliphatic carbocycles. The molecule has 0 unspecified atom stereocenters. The van der Waals surface area contributed by atoms with Crippen LogP contribution in [-0.2, 0) is 32.1 Å². The number of carbonyl (C=O) groups excluding carboxylic acids is 4. The first kappa shape index (κ1) is 57.1. The number of rotatable bonds is 22. The lowest BCUT2D eigenvalue weighted by Gasteiger charge is -2.42. The van der Waals surface area contributed by atoms with Gasteiger partial charge in [0.15, 0.2) is 17.3 Å². The van der Waals surface area contributed by atoms with Crippen molar-refractivity contribution < 1.29 is 33.8 Å². The van der Waals surface area contributed by atoms with Gasteiger partial charge in [0.05, 0.1) is 47.2 Å². The molecule has 19 heteroatoms. The summed E-state index contributed by atoms with van der Waals surface area (Å²) in [6.45, 7) is 13.0. The van der Waals surface area contributed by atoms with Crippen molar-refractivity contribution in [2.75, 3.05) is 51.4 Å². The smallest absolute Gasteiger partial charge is 0.246 e. The highest BCUT2D eigenvalue weighted by Gasteiger charge is 2.45. The Bertz CT molecular complexity index is 2990. The Kier molecular flexibility index (Phi) is 18.6. The van der Waals surface area contributed by atoms with E-state index in [2.05, 4.69) is 43.4 Å². The van der Waals surface area contributed by atoms with E-state index in [1.165, 1.54) is 17.7 Å². The number of fused-ring (bicyclic) bond motifs is 3. The molecular formula is C60H77N11O7S. The summed E-state index contributed by atoms with van der Waals surface area (Å²) in [7, 11) is 1.63. The van der Waals surface area contributed by atoms with Crippen molar-refractivity contribution in [1.82, 2.24) is 44.9 Å². The maximum atomic E-state index is 14.1. The summed E-state index contributed by atoms with van der Waals surface area (Å²) in [6.07, 6.45) is 13.7. The van der Waals surface area contributed by atoms with Gasteiger partial charge in [0, 0.05) is 56.1 Å². The molecular weight excluding hydrogens is 1020 g/mol. The molecule has 9 rings (SSSR count). The number of unbranched alkanes of at least 4 members (excludes halogenated alkanes) is 2. The van der Waals surface area contributed by atoms with Crippen LogP contribution in [0.5, 0.6) is 5.75 Å². The zero-order valence-electron chi connectivity index (χ0n) is 46.7. The first-order chi connectivity index (χ1) is 38.1. The van der Waals surface area contributed by atoms with Crippen LogP contribution in [-0.4, -0.2) is 134 Å². The van der Waals surface area contributed by atoms with Crippen LogP contribution in [0.3, 0.4) is 0 Å². The number of ketones is 1. The lowest BCUT2D eigenvalue weighted by molar-refractivity contribution is -0.144. The maximum absolute atomic E-state index is 14.1. The zero-order chi connectivity index (χ0) is 55.8. The van der Waals surface area contributed by atoms with Crippen LogP contribution in [0.1, 0.15) is 155 Å². The molecule has 420 valence electrons. The molecule has 0 radical (unpaired) electrons. The summed E-state index contributed by atoms with van der Waals surface area (Å²) in [5.74, 6) is 1.42. The molecule has 18 nitrogen and oxygen atoms in total. The number of amides is 3. The van der Waals surface area contributed by atoms with Gasteiger partial charge in [-0.1, -0.05) is 76.9 Å². The fourth-order valence-corrected chi connectivity index (χ4v) is 12.8. The van der Waals surface area contributed by atoms with Gasteiger partial charge in [-0.15, -0.1) is 11.3 Å². The molecule has 5 aromatic rings. The van der Waals surface area contributed by atoms with Crippen LogP contribution in [0.2, 0.25) is 0 Å². The van der Waals surface area contributed by atoms with Crippen molar-refractivity contribution >= 4 is 40.7 Å². The minimum Gasteiger partial charge on any atom is -0.496 e. The first-order valence-corrected chi connectivity index (χ1v) is 29.2. The Morgan fingerprint density at radius 1 is 0.987 bits per heavy atom. The third-order valence-corrected chi connectivity index (χ3v) is 17.3. The molecule has 3 fully saturated rings. The van der Waals surface area contributed by atoms with E-state index in [1.807, 2.05) is 86.4 Å². The van der Waals surface area contributed by atoms with E-state index in [0.717, 1.165) is 115 Å². The van der Waals surface area contributed by atoms with Crippen LogP contribution in [0.15, 0.2) is 60.5 Å². The van der Waals surface area contributed by atoms with Gasteiger partial charge in [0.1, 0.15) is 48.3 Å². The Morgan fingerprint density at radius 3 is 2.46 bits per heavy atom. The molecule has 3 aromatic heterocycles. The minimum atomic E-state index is -0.934. The molecule has 4 atom stereocenters. The Balaban J connectivity index is 0.678. The Labute approximate surface area is 468 Å². The number of ether oxygens (including phenoxy) is 2. The van der Waals surface area contributed by atoms with Crippen molar-refractivity contribution in [1.29, 1.82) is 5.26 Å². The van der Waals surface area contributed by atoms with E-state index in [0.29, 0.717) is 54.2 Å². The summed E-state index contributed by atoms with van der Waals surface area (Å²) >= 11 is 1.58. The van der Waals surface area contributed by atoms with Crippen molar-refractivity contribution in [2.45, 2.75) is 155 Å². The van der Waals surface area contributed by atoms with E-state index in [-0.39, 0.29) is 43.8 Å². The van der Waals surface area contributed by atoms with Crippen molar-refractivity contribution in [2.24, 2.45) is 11.3 Å². The highest BCUT2D eigenvalue weighted by molar-refractivity contribution is 7.13. The van der Waals surface area contributed by atoms with Gasteiger partial charge in [0.2, 0.25) is 17.7 Å². The number of imidazole rings is 1. The van der Waals surface area contributed by atoms with Crippen LogP contribution in [0.25, 0.3) is 16.1 Å². The predicted molar refractivity (Wildman–Crippen MR) is 302 cm³/mol. The molecule has 0 spiro atoms. The molecule has 1 saturated carbocycles. The third kappa shape index (κ3) is 13.4. The molecule has 3 amide bonds. The number of hydrogen-bond donors (Lipinski definition) is 3. The second-order valence-electron chi connectivity index (χ2n) is 22.9. The molecule has 6 heterocycles. The van der Waals surface area contributed by atoms with Gasteiger partial charge in [-0.2, -0.15) is 5.26 Å². The van der Waals surface area contributed by atoms with Crippen LogP contribution in [0, 0.1) is 29.6 Å². The number of anilines is 1. The fraction of sp³-hybridized carbons (Fsp3) is 0.550. The van der Waals surface area contributed by atoms with Crippen molar-refractivity contribution in [3.8, 4) is 27.9 Å². The van der Waals surface area contributed by atoms with Gasteiger partial charge < -0.3 is 39.9 Å². The van der Waals surface area contributed by atoms with E-state index in [4.69, 9.17) is 19.4 Å². The van der Waals surface area contributed by atoms with Gasteiger partial charge in [-0.05, 0) is 106 Å². The highest BCUT2D eigenvalue weighted by Crippen LogP contribution is 2.44. The van der Waals surface area contributed by atoms with Crippen LogP contribution < -0.4 is 20.3 Å². The number of aliphatic hydroxyl groups is 1. The second-order valence-corrected chi connectivity index (χ2v) is 23.8. The number of benzene rings is 2. The molecule has 2 aromatic carbocycles. The molecule has 2 saturated heterocycles. The number of nitrogens with one attached hydrogen (secondary N) is 2. The lowest BCUT2D eigenvalue weighted by atomic mass is 9.85. The lowest BCUT2D eigenvalue weighted by Crippen LogP contribution is -2.58. The van der Waals surface area contributed by atoms with Gasteiger partial charge in [-0.25, -0.2) is 19.9 Å². The van der Waals surface area contributed by atoms with Crippen molar-refractivity contribution in [3.63, 3.8) is 0 Å². The number of methoxy groups -OCH3 is 1. The van der Waals surface area contributed by atoms with Crippen LogP contribution >= 0.6 is 11.3 Å². The largest absolute Gasteiger partial charge is 0.496 e. The van der Waals surface area contributed by atoms with E-state index in [1.54, 1.807) is 24.8 Å². The Morgan fingerprint density at radius 2 is 1.76 bits per heavy atom. The van der Waals surface area contributed by atoms with Gasteiger partial charge >= 0.3 is 0 Å². The van der Waals surface area contributed by atoms with Crippen LogP contribution in [0.4, 0.5) is 5.82 Å². The second kappa shape index (κ2) is 25.7. The predicted octanol–water partition coefficient (Wildman–Crippen LogP) is 8.06. The van der Waals surface area contributed by atoms with E-state index in [9.17, 15) is 29.5 Å². The Hall–Kier alpha value is -6.59.